The van der Waals surface area contributed by atoms with Gasteiger partial charge in [-0.05, 0) is 12.8 Å². The number of anilines is 2. The average molecular weight is 265 g/mol. The fourth-order valence-corrected chi connectivity index (χ4v) is 2.52. The highest BCUT2D eigenvalue weighted by Crippen LogP contribution is 2.24. The smallest absolute Gasteiger partial charge is 0.322 e. The lowest BCUT2D eigenvalue weighted by Gasteiger charge is -2.27. The average Bonchev–Trinajstić information content (AvgIpc) is 2.74. The minimum absolute atomic E-state index is 0.356. The quantitative estimate of drug-likeness (QED) is 0.841. The van der Waals surface area contributed by atoms with Crippen molar-refractivity contribution >= 4 is 11.9 Å². The van der Waals surface area contributed by atoms with Crippen LogP contribution in [0.5, 0.6) is 6.01 Å². The Hall–Kier alpha value is -1.59. The van der Waals surface area contributed by atoms with E-state index in [4.69, 9.17) is 4.74 Å². The van der Waals surface area contributed by atoms with Crippen molar-refractivity contribution in [2.45, 2.75) is 44.6 Å². The van der Waals surface area contributed by atoms with Gasteiger partial charge in [-0.1, -0.05) is 25.7 Å². The third-order valence-electron chi connectivity index (χ3n) is 3.70. The first-order valence-electron chi connectivity index (χ1n) is 6.95. The summed E-state index contributed by atoms with van der Waals surface area (Å²) >= 11 is 0. The summed E-state index contributed by atoms with van der Waals surface area (Å²) < 4.78 is 5.13. The third kappa shape index (κ3) is 3.45. The van der Waals surface area contributed by atoms with Gasteiger partial charge in [-0.15, -0.1) is 0 Å². The van der Waals surface area contributed by atoms with Crippen LogP contribution in [0.25, 0.3) is 0 Å². The Bertz CT molecular complexity index is 382. The molecule has 0 bridgehead atoms. The Morgan fingerprint density at radius 3 is 2.37 bits per heavy atom. The van der Waals surface area contributed by atoms with Crippen molar-refractivity contribution in [1.29, 1.82) is 0 Å². The van der Waals surface area contributed by atoms with Crippen molar-refractivity contribution in [3.8, 4) is 6.01 Å². The van der Waals surface area contributed by atoms with Crippen molar-refractivity contribution in [2.75, 3.05) is 31.4 Å². The summed E-state index contributed by atoms with van der Waals surface area (Å²) in [6.07, 6.45) is 7.67. The molecular weight excluding hydrogens is 242 g/mol. The molecule has 19 heavy (non-hydrogen) atoms. The van der Waals surface area contributed by atoms with Crippen LogP contribution in [-0.4, -0.2) is 42.2 Å². The van der Waals surface area contributed by atoms with E-state index in [0.717, 1.165) is 0 Å². The lowest BCUT2D eigenvalue weighted by atomic mass is 10.1. The molecule has 1 fully saturated rings. The number of nitrogens with one attached hydrogen (secondary N) is 1. The summed E-state index contributed by atoms with van der Waals surface area (Å²) in [4.78, 5) is 15.1. The first-order valence-corrected chi connectivity index (χ1v) is 6.95. The molecule has 0 saturated heterocycles. The molecule has 0 atom stereocenters. The van der Waals surface area contributed by atoms with E-state index in [9.17, 15) is 0 Å². The molecule has 0 radical (unpaired) electrons. The summed E-state index contributed by atoms with van der Waals surface area (Å²) in [6, 6.07) is 0.870. The van der Waals surface area contributed by atoms with Gasteiger partial charge in [0.05, 0.1) is 7.11 Å². The predicted molar refractivity (Wildman–Crippen MR) is 75.8 cm³/mol. The Balaban J connectivity index is 2.18. The largest absolute Gasteiger partial charge is 0.467 e. The minimum atomic E-state index is 0.356. The monoisotopic (exact) mass is 265 g/mol. The lowest BCUT2D eigenvalue weighted by Crippen LogP contribution is -2.32. The topological polar surface area (TPSA) is 63.2 Å². The van der Waals surface area contributed by atoms with Crippen LogP contribution in [0, 0.1) is 0 Å². The second kappa shape index (κ2) is 6.54. The molecule has 1 saturated carbocycles. The Morgan fingerprint density at radius 1 is 1.11 bits per heavy atom. The molecular formula is C13H23N5O. The SMILES string of the molecule is CNc1nc(OC)nc(N(C)C2CCCCCC2)n1. The zero-order chi connectivity index (χ0) is 13.7. The highest BCUT2D eigenvalue weighted by atomic mass is 16.5. The van der Waals surface area contributed by atoms with Gasteiger partial charge in [0.15, 0.2) is 0 Å². The van der Waals surface area contributed by atoms with E-state index in [1.54, 1.807) is 14.2 Å². The maximum absolute atomic E-state index is 5.13. The van der Waals surface area contributed by atoms with Crippen LogP contribution >= 0.6 is 0 Å². The number of aromatic nitrogens is 3. The number of hydrogen-bond donors (Lipinski definition) is 1. The van der Waals surface area contributed by atoms with E-state index in [-0.39, 0.29) is 0 Å². The van der Waals surface area contributed by atoms with Gasteiger partial charge in [-0.3, -0.25) is 0 Å². The maximum atomic E-state index is 5.13. The van der Waals surface area contributed by atoms with Crippen molar-refractivity contribution in [2.24, 2.45) is 0 Å². The summed E-state index contributed by atoms with van der Waals surface area (Å²) in [6.45, 7) is 0. The van der Waals surface area contributed by atoms with Gasteiger partial charge in [-0.25, -0.2) is 0 Å². The molecule has 6 nitrogen and oxygen atoms in total. The van der Waals surface area contributed by atoms with Crippen molar-refractivity contribution in [3.63, 3.8) is 0 Å². The Labute approximate surface area is 114 Å². The van der Waals surface area contributed by atoms with Crippen molar-refractivity contribution in [1.82, 2.24) is 15.0 Å². The van der Waals surface area contributed by atoms with E-state index in [2.05, 4.69) is 32.2 Å². The predicted octanol–water partition coefficient (Wildman–Crippen LogP) is 2.08. The number of rotatable bonds is 4. The highest BCUT2D eigenvalue weighted by molar-refractivity contribution is 5.38. The molecule has 1 N–H and O–H groups in total. The van der Waals surface area contributed by atoms with Gasteiger partial charge < -0.3 is 15.0 Å². The molecule has 0 unspecified atom stereocenters. The molecule has 1 aliphatic carbocycles. The summed E-state index contributed by atoms with van der Waals surface area (Å²) in [5, 5.41) is 2.94. The van der Waals surface area contributed by atoms with E-state index in [1.165, 1.54) is 38.5 Å². The van der Waals surface area contributed by atoms with Crippen LogP contribution in [0.15, 0.2) is 0 Å². The summed E-state index contributed by atoms with van der Waals surface area (Å²) in [7, 11) is 5.43. The van der Waals surface area contributed by atoms with Crippen molar-refractivity contribution < 1.29 is 4.74 Å². The molecule has 106 valence electrons. The molecule has 6 heteroatoms. The lowest BCUT2D eigenvalue weighted by molar-refractivity contribution is 0.378. The van der Waals surface area contributed by atoms with Crippen LogP contribution < -0.4 is 15.0 Å². The van der Waals surface area contributed by atoms with Gasteiger partial charge in [0.25, 0.3) is 0 Å². The van der Waals surface area contributed by atoms with Crippen LogP contribution in [0.2, 0.25) is 0 Å². The Kier molecular flexibility index (Phi) is 4.76. The second-order valence-corrected chi connectivity index (χ2v) is 4.95. The maximum Gasteiger partial charge on any atom is 0.322 e. The molecule has 0 aliphatic heterocycles. The second-order valence-electron chi connectivity index (χ2n) is 4.95. The van der Waals surface area contributed by atoms with E-state index in [1.807, 2.05) is 0 Å². The van der Waals surface area contributed by atoms with Crippen LogP contribution in [0.4, 0.5) is 11.9 Å². The minimum Gasteiger partial charge on any atom is -0.467 e. The number of hydrogen-bond acceptors (Lipinski definition) is 6. The van der Waals surface area contributed by atoms with Gasteiger partial charge in [0, 0.05) is 20.1 Å². The van der Waals surface area contributed by atoms with Crippen molar-refractivity contribution in [3.05, 3.63) is 0 Å². The van der Waals surface area contributed by atoms with E-state index < -0.39 is 0 Å². The number of ether oxygens (including phenoxy) is 1. The fraction of sp³-hybridized carbons (Fsp3) is 0.769. The molecule has 0 spiro atoms. The van der Waals surface area contributed by atoms with E-state index in [0.29, 0.717) is 23.9 Å². The standard InChI is InChI=1S/C13H23N5O/c1-14-11-15-12(17-13(16-11)19-3)18(2)10-8-6-4-5-7-9-10/h10H,4-9H2,1-3H3,(H,14,15,16,17). The Morgan fingerprint density at radius 2 is 1.79 bits per heavy atom. The van der Waals surface area contributed by atoms with E-state index >= 15 is 0 Å². The molecule has 0 amide bonds. The van der Waals surface area contributed by atoms with Gasteiger partial charge in [-0.2, -0.15) is 15.0 Å². The van der Waals surface area contributed by atoms with Gasteiger partial charge >= 0.3 is 6.01 Å². The normalized spacial score (nSPS) is 16.8. The van der Waals surface area contributed by atoms with Gasteiger partial charge in [0.1, 0.15) is 0 Å². The molecule has 1 aromatic rings. The van der Waals surface area contributed by atoms with Crippen LogP contribution in [0.3, 0.4) is 0 Å². The molecule has 0 aromatic carbocycles. The molecule has 1 aliphatic rings. The third-order valence-corrected chi connectivity index (χ3v) is 3.70. The summed E-state index contributed by atoms with van der Waals surface area (Å²) in [5.74, 6) is 1.23. The number of nitrogens with zero attached hydrogens (tertiary/aromatic N) is 4. The molecule has 2 rings (SSSR count). The zero-order valence-electron chi connectivity index (χ0n) is 12.0. The summed E-state index contributed by atoms with van der Waals surface area (Å²) in [5.41, 5.74) is 0. The van der Waals surface area contributed by atoms with Crippen LogP contribution in [0.1, 0.15) is 38.5 Å². The highest BCUT2D eigenvalue weighted by Gasteiger charge is 2.20. The molecule has 1 heterocycles. The number of methoxy groups -OCH3 is 1. The zero-order valence-corrected chi connectivity index (χ0v) is 12.0. The van der Waals surface area contributed by atoms with Crippen LogP contribution in [-0.2, 0) is 0 Å². The van der Waals surface area contributed by atoms with Gasteiger partial charge in [0.2, 0.25) is 11.9 Å². The first-order chi connectivity index (χ1) is 9.24. The fourth-order valence-electron chi connectivity index (χ4n) is 2.52. The first kappa shape index (κ1) is 13.8. The molecule has 1 aromatic heterocycles.